The van der Waals surface area contributed by atoms with Crippen LogP contribution in [0, 0.1) is 11.3 Å². The lowest BCUT2D eigenvalue weighted by Crippen LogP contribution is -2.43. The Morgan fingerprint density at radius 3 is 2.61 bits per heavy atom. The first-order valence-electron chi connectivity index (χ1n) is 7.00. The van der Waals surface area contributed by atoms with Gasteiger partial charge in [-0.2, -0.15) is 0 Å². The summed E-state index contributed by atoms with van der Waals surface area (Å²) in [5, 5.41) is 6.19. The number of amides is 1. The molecule has 18 heavy (non-hydrogen) atoms. The van der Waals surface area contributed by atoms with Gasteiger partial charge >= 0.3 is 0 Å². The van der Waals surface area contributed by atoms with Crippen LogP contribution in [0.2, 0.25) is 0 Å². The van der Waals surface area contributed by atoms with E-state index in [2.05, 4.69) is 36.4 Å². The summed E-state index contributed by atoms with van der Waals surface area (Å²) in [6.45, 7) is 12.1. The van der Waals surface area contributed by atoms with Crippen molar-refractivity contribution in [2.45, 2.75) is 40.2 Å². The number of nitrogens with one attached hydrogen (secondary N) is 2. The van der Waals surface area contributed by atoms with Crippen LogP contribution in [-0.2, 0) is 4.79 Å². The molecular formula is C14H29N3O. The average Bonchev–Trinajstić information content (AvgIpc) is 2.71. The van der Waals surface area contributed by atoms with Crippen molar-refractivity contribution in [3.63, 3.8) is 0 Å². The van der Waals surface area contributed by atoms with Gasteiger partial charge in [-0.05, 0) is 31.3 Å². The SMILES string of the molecule is CC(C)NCC(=O)NCC(C)(C)C1CCN(C)C1. The maximum absolute atomic E-state index is 11.7. The van der Waals surface area contributed by atoms with E-state index in [4.69, 9.17) is 0 Å². The molecule has 0 bridgehead atoms. The van der Waals surface area contributed by atoms with Crippen LogP contribution in [0.1, 0.15) is 34.1 Å². The first-order chi connectivity index (χ1) is 8.31. The van der Waals surface area contributed by atoms with Gasteiger partial charge in [-0.25, -0.2) is 0 Å². The van der Waals surface area contributed by atoms with Crippen LogP contribution in [0.3, 0.4) is 0 Å². The predicted octanol–water partition coefficient (Wildman–Crippen LogP) is 1.08. The van der Waals surface area contributed by atoms with Crippen LogP contribution in [0.15, 0.2) is 0 Å². The third-order valence-corrected chi connectivity index (χ3v) is 3.91. The van der Waals surface area contributed by atoms with Crippen molar-refractivity contribution in [2.24, 2.45) is 11.3 Å². The lowest BCUT2D eigenvalue weighted by atomic mass is 9.78. The van der Waals surface area contributed by atoms with E-state index in [1.165, 1.54) is 13.0 Å². The molecule has 1 heterocycles. The van der Waals surface area contributed by atoms with Crippen molar-refractivity contribution in [1.82, 2.24) is 15.5 Å². The van der Waals surface area contributed by atoms with E-state index in [1.807, 2.05) is 13.8 Å². The van der Waals surface area contributed by atoms with Crippen molar-refractivity contribution in [3.8, 4) is 0 Å². The Kier molecular flexibility index (Phi) is 5.60. The minimum atomic E-state index is 0.100. The number of hydrogen-bond acceptors (Lipinski definition) is 3. The Morgan fingerprint density at radius 1 is 1.44 bits per heavy atom. The summed E-state index contributed by atoms with van der Waals surface area (Å²) in [4.78, 5) is 14.1. The molecule has 2 N–H and O–H groups in total. The van der Waals surface area contributed by atoms with E-state index in [0.29, 0.717) is 18.5 Å². The van der Waals surface area contributed by atoms with Crippen LogP contribution in [0.5, 0.6) is 0 Å². The Hall–Kier alpha value is -0.610. The largest absolute Gasteiger partial charge is 0.354 e. The molecule has 1 saturated heterocycles. The Balaban J connectivity index is 2.30. The fraction of sp³-hybridized carbons (Fsp3) is 0.929. The van der Waals surface area contributed by atoms with Gasteiger partial charge in [-0.15, -0.1) is 0 Å². The van der Waals surface area contributed by atoms with Crippen molar-refractivity contribution in [2.75, 3.05) is 33.2 Å². The number of hydrogen-bond donors (Lipinski definition) is 2. The highest BCUT2D eigenvalue weighted by Crippen LogP contribution is 2.33. The normalized spacial score (nSPS) is 21.6. The molecule has 0 aliphatic carbocycles. The number of carbonyl (C=O) groups excluding carboxylic acids is 1. The Bertz CT molecular complexity index is 276. The monoisotopic (exact) mass is 255 g/mol. The third kappa shape index (κ3) is 4.94. The van der Waals surface area contributed by atoms with Crippen LogP contribution >= 0.6 is 0 Å². The molecule has 0 radical (unpaired) electrons. The molecule has 1 atom stereocenters. The van der Waals surface area contributed by atoms with Gasteiger partial charge in [0, 0.05) is 19.1 Å². The molecule has 106 valence electrons. The molecule has 4 nitrogen and oxygen atoms in total. The molecule has 1 rings (SSSR count). The molecule has 0 spiro atoms. The van der Waals surface area contributed by atoms with Crippen molar-refractivity contribution in [3.05, 3.63) is 0 Å². The third-order valence-electron chi connectivity index (χ3n) is 3.91. The van der Waals surface area contributed by atoms with Crippen LogP contribution in [0.4, 0.5) is 0 Å². The molecule has 0 aromatic rings. The van der Waals surface area contributed by atoms with E-state index in [9.17, 15) is 4.79 Å². The molecule has 1 aliphatic heterocycles. The van der Waals surface area contributed by atoms with Gasteiger partial charge in [0.05, 0.1) is 6.54 Å². The predicted molar refractivity (Wildman–Crippen MR) is 75.5 cm³/mol. The van der Waals surface area contributed by atoms with E-state index >= 15 is 0 Å². The molecule has 1 fully saturated rings. The highest BCUT2D eigenvalue weighted by atomic mass is 16.1. The summed E-state index contributed by atoms with van der Waals surface area (Å²) in [5.41, 5.74) is 0.179. The fourth-order valence-electron chi connectivity index (χ4n) is 2.40. The molecule has 0 aromatic heterocycles. The second-order valence-corrected chi connectivity index (χ2v) is 6.55. The van der Waals surface area contributed by atoms with Gasteiger partial charge in [0.15, 0.2) is 0 Å². The van der Waals surface area contributed by atoms with Gasteiger partial charge in [0.2, 0.25) is 5.91 Å². The number of nitrogens with zero attached hydrogens (tertiary/aromatic N) is 1. The molecule has 4 heteroatoms. The minimum absolute atomic E-state index is 0.100. The van der Waals surface area contributed by atoms with E-state index in [1.54, 1.807) is 0 Å². The maximum Gasteiger partial charge on any atom is 0.233 e. The summed E-state index contributed by atoms with van der Waals surface area (Å²) < 4.78 is 0. The summed E-state index contributed by atoms with van der Waals surface area (Å²) in [5.74, 6) is 0.781. The fourth-order valence-corrected chi connectivity index (χ4v) is 2.40. The first-order valence-corrected chi connectivity index (χ1v) is 7.00. The summed E-state index contributed by atoms with van der Waals surface area (Å²) in [7, 11) is 2.17. The van der Waals surface area contributed by atoms with Crippen LogP contribution in [-0.4, -0.2) is 50.1 Å². The molecule has 0 aromatic carbocycles. The highest BCUT2D eigenvalue weighted by molar-refractivity contribution is 5.78. The Morgan fingerprint density at radius 2 is 2.11 bits per heavy atom. The molecule has 1 amide bonds. The van der Waals surface area contributed by atoms with E-state index < -0.39 is 0 Å². The zero-order valence-electron chi connectivity index (χ0n) is 12.5. The second kappa shape index (κ2) is 6.53. The Labute approximate surface area is 111 Å². The first kappa shape index (κ1) is 15.4. The minimum Gasteiger partial charge on any atom is -0.354 e. The van der Waals surface area contributed by atoms with E-state index in [0.717, 1.165) is 13.1 Å². The molecule has 1 aliphatic rings. The van der Waals surface area contributed by atoms with Crippen molar-refractivity contribution < 1.29 is 4.79 Å². The van der Waals surface area contributed by atoms with Crippen molar-refractivity contribution >= 4 is 5.91 Å². The van der Waals surface area contributed by atoms with E-state index in [-0.39, 0.29) is 11.3 Å². The standard InChI is InChI=1S/C14H29N3O/c1-11(2)15-8-13(18)16-10-14(3,4)12-6-7-17(5)9-12/h11-12,15H,6-10H2,1-5H3,(H,16,18). The average molecular weight is 255 g/mol. The lowest BCUT2D eigenvalue weighted by molar-refractivity contribution is -0.120. The molecule has 1 unspecified atom stereocenters. The zero-order valence-corrected chi connectivity index (χ0v) is 12.5. The van der Waals surface area contributed by atoms with Gasteiger partial charge in [0.25, 0.3) is 0 Å². The van der Waals surface area contributed by atoms with Gasteiger partial charge in [-0.1, -0.05) is 27.7 Å². The summed E-state index contributed by atoms with van der Waals surface area (Å²) in [6.07, 6.45) is 1.24. The van der Waals surface area contributed by atoms with Crippen LogP contribution < -0.4 is 10.6 Å². The number of carbonyl (C=O) groups is 1. The van der Waals surface area contributed by atoms with Gasteiger partial charge < -0.3 is 15.5 Å². The van der Waals surface area contributed by atoms with Gasteiger partial charge in [-0.3, -0.25) is 4.79 Å². The maximum atomic E-state index is 11.7. The topological polar surface area (TPSA) is 44.4 Å². The van der Waals surface area contributed by atoms with Crippen LogP contribution in [0.25, 0.3) is 0 Å². The van der Waals surface area contributed by atoms with Crippen molar-refractivity contribution in [1.29, 1.82) is 0 Å². The highest BCUT2D eigenvalue weighted by Gasteiger charge is 2.33. The summed E-state index contributed by atoms with van der Waals surface area (Å²) in [6, 6.07) is 0.354. The number of rotatable bonds is 6. The zero-order chi connectivity index (χ0) is 13.8. The second-order valence-electron chi connectivity index (χ2n) is 6.55. The number of likely N-dealkylation sites (tertiary alicyclic amines) is 1. The molecule has 0 saturated carbocycles. The lowest BCUT2D eigenvalue weighted by Gasteiger charge is -2.31. The summed E-state index contributed by atoms with van der Waals surface area (Å²) >= 11 is 0. The van der Waals surface area contributed by atoms with Gasteiger partial charge in [0.1, 0.15) is 0 Å². The quantitative estimate of drug-likeness (QED) is 0.746. The molecular weight excluding hydrogens is 226 g/mol. The smallest absolute Gasteiger partial charge is 0.233 e.